The third-order valence-electron chi connectivity index (χ3n) is 8.45. The van der Waals surface area contributed by atoms with Crippen LogP contribution in [0.3, 0.4) is 0 Å². The van der Waals surface area contributed by atoms with Crippen LogP contribution in [-0.4, -0.2) is 13.1 Å². The van der Waals surface area contributed by atoms with Gasteiger partial charge in [0, 0.05) is 6.07 Å². The summed E-state index contributed by atoms with van der Waals surface area (Å²) in [7, 11) is 1.42. The summed E-state index contributed by atoms with van der Waals surface area (Å²) in [5, 5.41) is 0. The smallest absolute Gasteiger partial charge is 0.314 e. The van der Waals surface area contributed by atoms with E-state index in [0.29, 0.717) is 0 Å². The zero-order valence-corrected chi connectivity index (χ0v) is 18.6. The van der Waals surface area contributed by atoms with Crippen molar-refractivity contribution in [1.29, 1.82) is 0 Å². The highest BCUT2D eigenvalue weighted by Gasteiger charge is 2.39. The average molecular weight is 417 g/mol. The molecule has 3 saturated carbocycles. The van der Waals surface area contributed by atoms with Crippen LogP contribution in [-0.2, 0) is 4.79 Å². The third-order valence-corrected chi connectivity index (χ3v) is 8.45. The Hall–Kier alpha value is -1.58. The molecule has 0 radical (unpaired) electrons. The fraction of sp³-hybridized carbons (Fsp3) is 0.731. The number of hydrogen-bond donors (Lipinski definition) is 0. The Morgan fingerprint density at radius 2 is 1.57 bits per heavy atom. The highest BCUT2D eigenvalue weighted by atomic mass is 19.1. The minimum atomic E-state index is -0.505. The SMILES string of the molecule is CCC1CCC2CC(C3CCC(C(=O)Oc4ccc(OC)c(F)c4)CC3)CCC2C1. The van der Waals surface area contributed by atoms with Gasteiger partial charge in [-0.05, 0) is 99.5 Å². The van der Waals surface area contributed by atoms with E-state index in [2.05, 4.69) is 6.92 Å². The topological polar surface area (TPSA) is 35.5 Å². The molecule has 3 fully saturated rings. The molecule has 0 heterocycles. The van der Waals surface area contributed by atoms with Crippen LogP contribution in [0.4, 0.5) is 4.39 Å². The van der Waals surface area contributed by atoms with Crippen molar-refractivity contribution in [3.05, 3.63) is 24.0 Å². The highest BCUT2D eigenvalue weighted by Crippen LogP contribution is 2.49. The summed E-state index contributed by atoms with van der Waals surface area (Å²) in [4.78, 5) is 12.6. The van der Waals surface area contributed by atoms with Gasteiger partial charge in [0.25, 0.3) is 0 Å². The molecule has 1 aromatic carbocycles. The van der Waals surface area contributed by atoms with Gasteiger partial charge in [0.05, 0.1) is 13.0 Å². The molecular formula is C26H37FO3. The zero-order valence-electron chi connectivity index (χ0n) is 18.6. The van der Waals surface area contributed by atoms with E-state index in [1.165, 1.54) is 64.2 Å². The van der Waals surface area contributed by atoms with Crippen molar-refractivity contribution in [2.75, 3.05) is 7.11 Å². The molecule has 1 aromatic rings. The molecule has 166 valence electrons. The predicted molar refractivity (Wildman–Crippen MR) is 116 cm³/mol. The average Bonchev–Trinajstić information content (AvgIpc) is 2.78. The fourth-order valence-electron chi connectivity index (χ4n) is 6.56. The first-order chi connectivity index (χ1) is 14.6. The minimum Gasteiger partial charge on any atom is -0.494 e. The highest BCUT2D eigenvalue weighted by molar-refractivity contribution is 5.75. The summed E-state index contributed by atoms with van der Waals surface area (Å²) >= 11 is 0. The van der Waals surface area contributed by atoms with Crippen LogP contribution in [0.15, 0.2) is 18.2 Å². The summed E-state index contributed by atoms with van der Waals surface area (Å²) in [5.74, 6) is 4.21. The lowest BCUT2D eigenvalue weighted by molar-refractivity contribution is -0.140. The molecule has 4 unspecified atom stereocenters. The Bertz CT molecular complexity index is 725. The minimum absolute atomic E-state index is 0.0530. The van der Waals surface area contributed by atoms with Crippen molar-refractivity contribution in [3.63, 3.8) is 0 Å². The molecule has 0 amide bonds. The summed E-state index contributed by atoms with van der Waals surface area (Å²) < 4.78 is 24.2. The molecule has 3 nitrogen and oxygen atoms in total. The summed E-state index contributed by atoms with van der Waals surface area (Å²) in [5.41, 5.74) is 0. The third kappa shape index (κ3) is 4.84. The van der Waals surface area contributed by atoms with Gasteiger partial charge in [-0.3, -0.25) is 4.79 Å². The van der Waals surface area contributed by atoms with Crippen molar-refractivity contribution in [2.24, 2.45) is 35.5 Å². The molecule has 3 aliphatic carbocycles. The van der Waals surface area contributed by atoms with Crippen LogP contribution in [0.5, 0.6) is 11.5 Å². The summed E-state index contributed by atoms with van der Waals surface area (Å²) in [6, 6.07) is 4.32. The first-order valence-electron chi connectivity index (χ1n) is 12.1. The Balaban J connectivity index is 1.25. The van der Waals surface area contributed by atoms with E-state index in [0.717, 1.165) is 55.3 Å². The Kier molecular flexibility index (Phi) is 7.00. The molecule has 0 bridgehead atoms. The molecule has 0 aliphatic heterocycles. The van der Waals surface area contributed by atoms with Gasteiger partial charge in [0.15, 0.2) is 11.6 Å². The zero-order chi connectivity index (χ0) is 21.1. The number of carbonyl (C=O) groups excluding carboxylic acids is 1. The first-order valence-corrected chi connectivity index (χ1v) is 12.1. The molecule has 0 spiro atoms. The van der Waals surface area contributed by atoms with Gasteiger partial charge in [-0.25, -0.2) is 4.39 Å². The van der Waals surface area contributed by atoms with Gasteiger partial charge in [0.2, 0.25) is 0 Å². The van der Waals surface area contributed by atoms with E-state index < -0.39 is 5.82 Å². The van der Waals surface area contributed by atoms with Gasteiger partial charge in [-0.1, -0.05) is 19.8 Å². The predicted octanol–water partition coefficient (Wildman–Crippen LogP) is 6.79. The van der Waals surface area contributed by atoms with E-state index in [1.54, 1.807) is 6.07 Å². The standard InChI is InChI=1S/C26H37FO3/c1-3-17-4-5-22-15-21(11-10-20(22)14-17)18-6-8-19(9-7-18)26(28)30-23-12-13-25(29-2)24(27)16-23/h12-13,16-22H,3-11,14-15H2,1-2H3. The first kappa shape index (κ1) is 21.6. The largest absolute Gasteiger partial charge is 0.494 e. The molecule has 0 aromatic heterocycles. The molecule has 0 saturated heterocycles. The van der Waals surface area contributed by atoms with E-state index in [4.69, 9.17) is 9.47 Å². The maximum Gasteiger partial charge on any atom is 0.314 e. The molecule has 4 rings (SSSR count). The lowest BCUT2D eigenvalue weighted by atomic mass is 9.61. The molecule has 0 N–H and O–H groups in total. The monoisotopic (exact) mass is 416 g/mol. The van der Waals surface area contributed by atoms with Crippen LogP contribution in [0, 0.1) is 41.3 Å². The lowest BCUT2D eigenvalue weighted by Gasteiger charge is -2.45. The second-order valence-corrected chi connectivity index (χ2v) is 10.0. The number of rotatable bonds is 5. The number of esters is 1. The number of carbonyl (C=O) groups is 1. The van der Waals surface area contributed by atoms with E-state index in [9.17, 15) is 9.18 Å². The second-order valence-electron chi connectivity index (χ2n) is 10.0. The van der Waals surface area contributed by atoms with Gasteiger partial charge in [-0.15, -0.1) is 0 Å². The van der Waals surface area contributed by atoms with E-state index >= 15 is 0 Å². The van der Waals surface area contributed by atoms with E-state index in [1.807, 2.05) is 0 Å². The summed E-state index contributed by atoms with van der Waals surface area (Å²) in [6.45, 7) is 2.35. The number of benzene rings is 1. The van der Waals surface area contributed by atoms with Gasteiger partial charge < -0.3 is 9.47 Å². The molecule has 4 atom stereocenters. The Morgan fingerprint density at radius 1 is 0.933 bits per heavy atom. The van der Waals surface area contributed by atoms with Crippen molar-refractivity contribution < 1.29 is 18.7 Å². The van der Waals surface area contributed by atoms with Crippen molar-refractivity contribution in [2.45, 2.75) is 77.6 Å². The van der Waals surface area contributed by atoms with Crippen LogP contribution in [0.2, 0.25) is 0 Å². The van der Waals surface area contributed by atoms with Crippen molar-refractivity contribution >= 4 is 5.97 Å². The number of methoxy groups -OCH3 is 1. The quantitative estimate of drug-likeness (QED) is 0.392. The maximum absolute atomic E-state index is 13.8. The number of hydrogen-bond acceptors (Lipinski definition) is 3. The second kappa shape index (κ2) is 9.70. The lowest BCUT2D eigenvalue weighted by Crippen LogP contribution is -2.35. The number of ether oxygens (including phenoxy) is 2. The van der Waals surface area contributed by atoms with Crippen LogP contribution in [0.25, 0.3) is 0 Å². The van der Waals surface area contributed by atoms with Crippen LogP contribution in [0.1, 0.15) is 77.6 Å². The van der Waals surface area contributed by atoms with Crippen molar-refractivity contribution in [3.8, 4) is 11.5 Å². The number of halogens is 1. The van der Waals surface area contributed by atoms with Gasteiger partial charge in [0.1, 0.15) is 5.75 Å². The van der Waals surface area contributed by atoms with Crippen LogP contribution < -0.4 is 9.47 Å². The van der Waals surface area contributed by atoms with Crippen LogP contribution >= 0.6 is 0 Å². The molecule has 3 aliphatic rings. The maximum atomic E-state index is 13.8. The number of fused-ring (bicyclic) bond motifs is 1. The van der Waals surface area contributed by atoms with E-state index in [-0.39, 0.29) is 23.4 Å². The molecule has 4 heteroatoms. The van der Waals surface area contributed by atoms with Gasteiger partial charge in [-0.2, -0.15) is 0 Å². The fourth-order valence-corrected chi connectivity index (χ4v) is 6.56. The Labute approximate surface area is 180 Å². The Morgan fingerprint density at radius 3 is 2.23 bits per heavy atom. The normalized spacial score (nSPS) is 34.1. The van der Waals surface area contributed by atoms with Crippen molar-refractivity contribution in [1.82, 2.24) is 0 Å². The summed E-state index contributed by atoms with van der Waals surface area (Å²) in [6.07, 6.45) is 14.0. The van der Waals surface area contributed by atoms with Gasteiger partial charge >= 0.3 is 5.97 Å². The molecular weight excluding hydrogens is 379 g/mol. The molecule has 30 heavy (non-hydrogen) atoms.